The van der Waals surface area contributed by atoms with Crippen molar-refractivity contribution in [1.29, 1.82) is 5.41 Å². The SMILES string of the molecule is CCCCCCCCCCCCCCCC=N.[NaH]. The first kappa shape index (κ1) is 21.0. The van der Waals surface area contributed by atoms with Crippen molar-refractivity contribution in [3.8, 4) is 0 Å². The summed E-state index contributed by atoms with van der Waals surface area (Å²) in [5.74, 6) is 0. The maximum atomic E-state index is 6.93. The zero-order chi connectivity index (χ0) is 12.6. The summed E-state index contributed by atoms with van der Waals surface area (Å²) in [6, 6.07) is 0. The van der Waals surface area contributed by atoms with Gasteiger partial charge < -0.3 is 5.41 Å². The molecule has 0 fully saturated rings. The molecule has 0 saturated carbocycles. The van der Waals surface area contributed by atoms with E-state index in [1.165, 1.54) is 83.5 Å². The van der Waals surface area contributed by atoms with Crippen LogP contribution in [0.15, 0.2) is 0 Å². The third-order valence-electron chi connectivity index (χ3n) is 3.45. The predicted octanol–water partition coefficient (Wildman–Crippen LogP) is 5.47. The Morgan fingerprint density at radius 3 is 1.28 bits per heavy atom. The van der Waals surface area contributed by atoms with E-state index in [0.29, 0.717) is 0 Å². The summed E-state index contributed by atoms with van der Waals surface area (Å²) in [6.45, 7) is 2.28. The molecule has 1 N–H and O–H groups in total. The first-order valence-corrected chi connectivity index (χ1v) is 7.90. The van der Waals surface area contributed by atoms with Crippen LogP contribution in [0.4, 0.5) is 0 Å². The van der Waals surface area contributed by atoms with Gasteiger partial charge in [0.1, 0.15) is 0 Å². The Bertz CT molecular complexity index is 148. The van der Waals surface area contributed by atoms with Crippen LogP contribution < -0.4 is 0 Å². The molecule has 0 unspecified atom stereocenters. The van der Waals surface area contributed by atoms with Gasteiger partial charge in [0.05, 0.1) is 0 Å². The Balaban J connectivity index is 0. The molecule has 0 aromatic heterocycles. The predicted molar refractivity (Wildman–Crippen MR) is 86.2 cm³/mol. The third kappa shape index (κ3) is 19.0. The number of nitrogens with one attached hydrogen (secondary N) is 1. The second-order valence-corrected chi connectivity index (χ2v) is 5.24. The Morgan fingerprint density at radius 2 is 0.944 bits per heavy atom. The van der Waals surface area contributed by atoms with E-state index in [9.17, 15) is 0 Å². The van der Waals surface area contributed by atoms with Crippen LogP contribution in [0.2, 0.25) is 0 Å². The topological polar surface area (TPSA) is 23.9 Å². The van der Waals surface area contributed by atoms with Crippen molar-refractivity contribution in [2.45, 2.75) is 96.8 Å². The molecule has 0 aliphatic heterocycles. The first-order chi connectivity index (χ1) is 8.41. The van der Waals surface area contributed by atoms with Gasteiger partial charge in [-0.15, -0.1) is 0 Å². The van der Waals surface area contributed by atoms with E-state index < -0.39 is 0 Å². The van der Waals surface area contributed by atoms with E-state index in [-0.39, 0.29) is 29.6 Å². The Labute approximate surface area is 137 Å². The Hall–Kier alpha value is 0.670. The number of rotatable bonds is 14. The number of hydrogen-bond acceptors (Lipinski definition) is 1. The quantitative estimate of drug-likeness (QED) is 0.244. The third-order valence-corrected chi connectivity index (χ3v) is 3.45. The van der Waals surface area contributed by atoms with Crippen LogP contribution in [0.1, 0.15) is 96.8 Å². The van der Waals surface area contributed by atoms with Gasteiger partial charge >= 0.3 is 29.6 Å². The average molecular weight is 263 g/mol. The maximum absolute atomic E-state index is 6.93. The molecule has 0 aromatic rings. The number of unbranched alkanes of at least 4 members (excludes halogenated alkanes) is 13. The molecule has 0 spiro atoms. The first-order valence-electron chi connectivity index (χ1n) is 7.90. The van der Waals surface area contributed by atoms with Crippen LogP contribution in [0.5, 0.6) is 0 Å². The molecule has 0 aromatic carbocycles. The summed E-state index contributed by atoms with van der Waals surface area (Å²) in [5, 5.41) is 6.93. The van der Waals surface area contributed by atoms with Gasteiger partial charge in [0.2, 0.25) is 0 Å². The van der Waals surface area contributed by atoms with Crippen LogP contribution in [-0.2, 0) is 0 Å². The molecule has 1 nitrogen and oxygen atoms in total. The molecule has 0 aliphatic rings. The van der Waals surface area contributed by atoms with Crippen LogP contribution in [0.3, 0.4) is 0 Å². The fraction of sp³-hybridized carbons (Fsp3) is 0.938. The molecule has 0 heterocycles. The summed E-state index contributed by atoms with van der Waals surface area (Å²) in [7, 11) is 0. The second-order valence-electron chi connectivity index (χ2n) is 5.24. The minimum atomic E-state index is 0. The monoisotopic (exact) mass is 263 g/mol. The standard InChI is InChI=1S/C16H33N.Na.H/c1-2-3-4-5-6-7-8-9-10-11-12-13-14-15-16-17;;/h16-17H,2-15H2,1H3;;. The molecule has 104 valence electrons. The summed E-state index contributed by atoms with van der Waals surface area (Å²) in [4.78, 5) is 0. The van der Waals surface area contributed by atoms with Crippen molar-refractivity contribution in [2.75, 3.05) is 0 Å². The van der Waals surface area contributed by atoms with Gasteiger partial charge in [-0.3, -0.25) is 0 Å². The van der Waals surface area contributed by atoms with Crippen molar-refractivity contribution in [3.05, 3.63) is 0 Å². The zero-order valence-corrected chi connectivity index (χ0v) is 12.0. The van der Waals surface area contributed by atoms with Gasteiger partial charge in [-0.2, -0.15) is 0 Å². The van der Waals surface area contributed by atoms with E-state index in [0.717, 1.165) is 6.42 Å². The van der Waals surface area contributed by atoms with E-state index >= 15 is 0 Å². The number of hydrogen-bond donors (Lipinski definition) is 1. The van der Waals surface area contributed by atoms with Gasteiger partial charge in [0, 0.05) is 0 Å². The minimum absolute atomic E-state index is 0. The molecular formula is C16H34NNa. The fourth-order valence-electron chi connectivity index (χ4n) is 2.26. The fourth-order valence-corrected chi connectivity index (χ4v) is 2.26. The molecule has 0 saturated heterocycles. The van der Waals surface area contributed by atoms with Crippen LogP contribution in [0.25, 0.3) is 0 Å². The van der Waals surface area contributed by atoms with Crippen molar-refractivity contribution in [3.63, 3.8) is 0 Å². The summed E-state index contributed by atoms with van der Waals surface area (Å²) in [6.07, 6.45) is 20.8. The Kier molecular flexibility index (Phi) is 23.3. The molecule has 18 heavy (non-hydrogen) atoms. The molecule has 2 heteroatoms. The second kappa shape index (κ2) is 20.0. The van der Waals surface area contributed by atoms with Crippen LogP contribution in [-0.4, -0.2) is 35.8 Å². The van der Waals surface area contributed by atoms with Crippen LogP contribution >= 0.6 is 0 Å². The van der Waals surface area contributed by atoms with Crippen LogP contribution in [0, 0.1) is 5.41 Å². The summed E-state index contributed by atoms with van der Waals surface area (Å²) < 4.78 is 0. The molecule has 0 amide bonds. The van der Waals surface area contributed by atoms with Crippen molar-refractivity contribution in [1.82, 2.24) is 0 Å². The van der Waals surface area contributed by atoms with Gasteiger partial charge in [0.15, 0.2) is 0 Å². The van der Waals surface area contributed by atoms with E-state index in [2.05, 4.69) is 6.92 Å². The van der Waals surface area contributed by atoms with E-state index in [1.807, 2.05) is 0 Å². The van der Waals surface area contributed by atoms with Crippen molar-refractivity contribution < 1.29 is 0 Å². The van der Waals surface area contributed by atoms with Gasteiger partial charge in [-0.1, -0.05) is 84.0 Å². The van der Waals surface area contributed by atoms with Crippen molar-refractivity contribution >= 4 is 35.8 Å². The molecule has 0 bridgehead atoms. The normalized spacial score (nSPS) is 10.1. The summed E-state index contributed by atoms with van der Waals surface area (Å²) in [5.41, 5.74) is 0. The Morgan fingerprint density at radius 1 is 0.611 bits per heavy atom. The average Bonchev–Trinajstić information content (AvgIpc) is 2.35. The van der Waals surface area contributed by atoms with Gasteiger partial charge in [-0.25, -0.2) is 0 Å². The van der Waals surface area contributed by atoms with Gasteiger partial charge in [0.25, 0.3) is 0 Å². The molecule has 0 atom stereocenters. The zero-order valence-electron chi connectivity index (χ0n) is 12.0. The summed E-state index contributed by atoms with van der Waals surface area (Å²) >= 11 is 0. The molecule has 0 radical (unpaired) electrons. The van der Waals surface area contributed by atoms with E-state index in [4.69, 9.17) is 5.41 Å². The molecule has 0 rings (SSSR count). The van der Waals surface area contributed by atoms with Gasteiger partial charge in [-0.05, 0) is 19.1 Å². The van der Waals surface area contributed by atoms with E-state index in [1.54, 1.807) is 6.21 Å². The molecular weight excluding hydrogens is 229 g/mol. The molecule has 0 aliphatic carbocycles. The van der Waals surface area contributed by atoms with Crippen molar-refractivity contribution in [2.24, 2.45) is 0 Å².